The van der Waals surface area contributed by atoms with Gasteiger partial charge in [0.05, 0.1) is 22.4 Å². The molecule has 0 aliphatic rings. The van der Waals surface area contributed by atoms with Gasteiger partial charge in [-0.15, -0.1) is 0 Å². The van der Waals surface area contributed by atoms with E-state index in [1.54, 1.807) is 44.2 Å². The van der Waals surface area contributed by atoms with Gasteiger partial charge in [0.2, 0.25) is 0 Å². The number of nitrogens with zero attached hydrogens (tertiary/aromatic N) is 1. The van der Waals surface area contributed by atoms with Gasteiger partial charge < -0.3 is 9.47 Å². The summed E-state index contributed by atoms with van der Waals surface area (Å²) in [6.45, 7) is 3.74. The molecular weight excluding hydrogens is 432 g/mol. The minimum Gasteiger partial charge on any atom is -0.481 e. The van der Waals surface area contributed by atoms with E-state index in [2.05, 4.69) is 26.2 Å². The number of rotatable bonds is 6. The van der Waals surface area contributed by atoms with E-state index in [1.807, 2.05) is 12.1 Å². The van der Waals surface area contributed by atoms with Crippen molar-refractivity contribution in [2.45, 2.75) is 20.0 Å². The molecular formula is C19H17BrN2O4S. The molecule has 1 amide bonds. The lowest BCUT2D eigenvalue weighted by Gasteiger charge is -2.13. The van der Waals surface area contributed by atoms with Crippen LogP contribution in [-0.4, -0.2) is 29.6 Å². The van der Waals surface area contributed by atoms with E-state index in [4.69, 9.17) is 9.47 Å². The molecule has 6 nitrogen and oxygen atoms in total. The monoisotopic (exact) mass is 448 g/mol. The summed E-state index contributed by atoms with van der Waals surface area (Å²) >= 11 is 4.64. The molecule has 0 aliphatic carbocycles. The van der Waals surface area contributed by atoms with E-state index >= 15 is 0 Å². The Morgan fingerprint density at radius 1 is 1.22 bits per heavy atom. The summed E-state index contributed by atoms with van der Waals surface area (Å²) in [4.78, 5) is 28.6. The zero-order valence-electron chi connectivity index (χ0n) is 14.7. The van der Waals surface area contributed by atoms with E-state index in [1.165, 1.54) is 11.3 Å². The molecule has 1 unspecified atom stereocenters. The standard InChI is InChI=1S/C19H17BrN2O4S/c1-3-25-18(24)12-4-9-15-16(10-12)27-19(21-15)22-17(23)11(2)26-14-7-5-13(20)6-8-14/h4-11H,3H2,1-2H3,(H,21,22,23). The highest BCUT2D eigenvalue weighted by Gasteiger charge is 2.17. The number of ether oxygens (including phenoxy) is 2. The molecule has 27 heavy (non-hydrogen) atoms. The van der Waals surface area contributed by atoms with Crippen LogP contribution in [0, 0.1) is 0 Å². The first-order valence-electron chi connectivity index (χ1n) is 8.27. The van der Waals surface area contributed by atoms with Crippen molar-refractivity contribution in [2.24, 2.45) is 0 Å². The molecule has 3 rings (SSSR count). The van der Waals surface area contributed by atoms with Gasteiger partial charge in [0.15, 0.2) is 11.2 Å². The van der Waals surface area contributed by atoms with Crippen LogP contribution in [-0.2, 0) is 9.53 Å². The second kappa shape index (κ2) is 8.49. The number of aromatic nitrogens is 1. The van der Waals surface area contributed by atoms with Crippen LogP contribution in [0.1, 0.15) is 24.2 Å². The Bertz CT molecular complexity index is 972. The van der Waals surface area contributed by atoms with Gasteiger partial charge >= 0.3 is 5.97 Å². The van der Waals surface area contributed by atoms with Gasteiger partial charge in [0.25, 0.3) is 5.91 Å². The highest BCUT2D eigenvalue weighted by atomic mass is 79.9. The SMILES string of the molecule is CCOC(=O)c1ccc2nc(NC(=O)C(C)Oc3ccc(Br)cc3)sc2c1. The molecule has 140 valence electrons. The van der Waals surface area contributed by atoms with Crippen LogP contribution >= 0.6 is 27.3 Å². The van der Waals surface area contributed by atoms with E-state index in [0.29, 0.717) is 28.6 Å². The molecule has 8 heteroatoms. The van der Waals surface area contributed by atoms with Crippen molar-refractivity contribution in [1.82, 2.24) is 4.98 Å². The minimum absolute atomic E-state index is 0.303. The summed E-state index contributed by atoms with van der Waals surface area (Å²) in [5.41, 5.74) is 1.16. The molecule has 0 spiro atoms. The predicted octanol–water partition coefficient (Wildman–Crippen LogP) is 4.64. The number of amides is 1. The molecule has 0 bridgehead atoms. The molecule has 1 atom stereocenters. The van der Waals surface area contributed by atoms with Crippen molar-refractivity contribution in [3.63, 3.8) is 0 Å². The lowest BCUT2D eigenvalue weighted by molar-refractivity contribution is -0.122. The fourth-order valence-corrected chi connectivity index (χ4v) is 3.47. The van der Waals surface area contributed by atoms with Gasteiger partial charge in [0.1, 0.15) is 5.75 Å². The van der Waals surface area contributed by atoms with Gasteiger partial charge in [-0.2, -0.15) is 0 Å². The molecule has 1 heterocycles. The van der Waals surface area contributed by atoms with Crippen molar-refractivity contribution < 1.29 is 19.1 Å². The number of thiazole rings is 1. The first kappa shape index (κ1) is 19.3. The van der Waals surface area contributed by atoms with Crippen LogP contribution in [0.3, 0.4) is 0 Å². The third-order valence-corrected chi connectivity index (χ3v) is 5.09. The number of carbonyl (C=O) groups excluding carboxylic acids is 2. The Morgan fingerprint density at radius 3 is 2.67 bits per heavy atom. The van der Waals surface area contributed by atoms with Crippen molar-refractivity contribution in [3.8, 4) is 5.75 Å². The van der Waals surface area contributed by atoms with Crippen LogP contribution in [0.15, 0.2) is 46.9 Å². The maximum Gasteiger partial charge on any atom is 0.338 e. The number of halogens is 1. The van der Waals surface area contributed by atoms with Gasteiger partial charge in [-0.25, -0.2) is 9.78 Å². The van der Waals surface area contributed by atoms with Crippen molar-refractivity contribution in [1.29, 1.82) is 0 Å². The number of benzene rings is 2. The van der Waals surface area contributed by atoms with Crippen molar-refractivity contribution in [3.05, 3.63) is 52.5 Å². The number of carbonyl (C=O) groups is 2. The zero-order chi connectivity index (χ0) is 19.4. The quantitative estimate of drug-likeness (QED) is 0.555. The number of hydrogen-bond donors (Lipinski definition) is 1. The Labute approximate surface area is 168 Å². The topological polar surface area (TPSA) is 77.5 Å². The number of nitrogens with one attached hydrogen (secondary N) is 1. The lowest BCUT2D eigenvalue weighted by atomic mass is 10.2. The van der Waals surface area contributed by atoms with Gasteiger partial charge in [-0.3, -0.25) is 10.1 Å². The molecule has 1 aromatic heterocycles. The number of esters is 1. The molecule has 3 aromatic rings. The summed E-state index contributed by atoms with van der Waals surface area (Å²) in [5.74, 6) is -0.0817. The molecule has 0 fully saturated rings. The maximum atomic E-state index is 12.4. The van der Waals surface area contributed by atoms with Crippen LogP contribution in [0.5, 0.6) is 5.75 Å². The molecule has 0 aliphatic heterocycles. The fourth-order valence-electron chi connectivity index (χ4n) is 2.30. The normalized spacial score (nSPS) is 11.8. The summed E-state index contributed by atoms with van der Waals surface area (Å²) in [6.07, 6.45) is -0.687. The van der Waals surface area contributed by atoms with Gasteiger partial charge in [0, 0.05) is 4.47 Å². The molecule has 0 saturated heterocycles. The minimum atomic E-state index is -0.687. The maximum absolute atomic E-state index is 12.4. The predicted molar refractivity (Wildman–Crippen MR) is 108 cm³/mol. The molecule has 0 saturated carbocycles. The summed E-state index contributed by atoms with van der Waals surface area (Å²) < 4.78 is 12.4. The Kier molecular flexibility index (Phi) is 6.08. The van der Waals surface area contributed by atoms with Crippen LogP contribution < -0.4 is 10.1 Å². The average Bonchev–Trinajstić information content (AvgIpc) is 3.05. The van der Waals surface area contributed by atoms with Crippen LogP contribution in [0.4, 0.5) is 5.13 Å². The van der Waals surface area contributed by atoms with Gasteiger partial charge in [-0.05, 0) is 56.3 Å². The van der Waals surface area contributed by atoms with E-state index in [9.17, 15) is 9.59 Å². The fraction of sp³-hybridized carbons (Fsp3) is 0.211. The van der Waals surface area contributed by atoms with Crippen molar-refractivity contribution in [2.75, 3.05) is 11.9 Å². The highest BCUT2D eigenvalue weighted by molar-refractivity contribution is 9.10. The summed E-state index contributed by atoms with van der Waals surface area (Å²) in [5, 5.41) is 3.20. The Morgan fingerprint density at radius 2 is 1.96 bits per heavy atom. The second-order valence-electron chi connectivity index (χ2n) is 5.63. The second-order valence-corrected chi connectivity index (χ2v) is 7.57. The largest absolute Gasteiger partial charge is 0.481 e. The van der Waals surface area contributed by atoms with E-state index < -0.39 is 6.10 Å². The first-order valence-corrected chi connectivity index (χ1v) is 9.88. The summed E-state index contributed by atoms with van der Waals surface area (Å²) in [6, 6.07) is 12.3. The third kappa shape index (κ3) is 4.84. The van der Waals surface area contributed by atoms with Crippen LogP contribution in [0.25, 0.3) is 10.2 Å². The van der Waals surface area contributed by atoms with Crippen LogP contribution in [0.2, 0.25) is 0 Å². The Balaban J connectivity index is 1.68. The zero-order valence-corrected chi connectivity index (χ0v) is 17.1. The van der Waals surface area contributed by atoms with Gasteiger partial charge in [-0.1, -0.05) is 27.3 Å². The smallest absolute Gasteiger partial charge is 0.338 e. The number of hydrogen-bond acceptors (Lipinski definition) is 6. The molecule has 1 N–H and O–H groups in total. The van der Waals surface area contributed by atoms with E-state index in [0.717, 1.165) is 9.17 Å². The first-order chi connectivity index (χ1) is 13.0. The molecule has 2 aromatic carbocycles. The average molecular weight is 449 g/mol. The Hall–Kier alpha value is -2.45. The van der Waals surface area contributed by atoms with E-state index in [-0.39, 0.29) is 11.9 Å². The highest BCUT2D eigenvalue weighted by Crippen LogP contribution is 2.27. The number of anilines is 1. The third-order valence-electron chi connectivity index (χ3n) is 3.63. The summed E-state index contributed by atoms with van der Waals surface area (Å²) in [7, 11) is 0. The molecule has 0 radical (unpaired) electrons. The van der Waals surface area contributed by atoms with Crippen molar-refractivity contribution >= 4 is 54.5 Å². The number of fused-ring (bicyclic) bond motifs is 1. The lowest BCUT2D eigenvalue weighted by Crippen LogP contribution is -2.30.